The number of hydrogen-bond donors (Lipinski definition) is 0. The molecule has 0 N–H and O–H groups in total. The monoisotopic (exact) mass is 381 g/mol. The van der Waals surface area contributed by atoms with Crippen molar-refractivity contribution in [2.24, 2.45) is 0 Å². The van der Waals surface area contributed by atoms with Crippen LogP contribution in [0.4, 0.5) is 0 Å². The van der Waals surface area contributed by atoms with Crippen molar-refractivity contribution in [1.82, 2.24) is 4.31 Å². The topological polar surface area (TPSA) is 46.6 Å². The van der Waals surface area contributed by atoms with Crippen LogP contribution in [0.3, 0.4) is 0 Å². The maximum atomic E-state index is 12.2. The van der Waals surface area contributed by atoms with E-state index < -0.39 is 10.0 Å². The fourth-order valence-electron chi connectivity index (χ4n) is 2.00. The molecule has 2 rings (SSSR count). The minimum Gasteiger partial charge on any atom is -0.489 e. The smallest absolute Gasteiger partial charge is 0.242 e. The van der Waals surface area contributed by atoms with Gasteiger partial charge in [-0.15, -0.1) is 0 Å². The van der Waals surface area contributed by atoms with Crippen LogP contribution in [0.25, 0.3) is 0 Å². The predicted molar refractivity (Wildman–Crippen MR) is 79.1 cm³/mol. The molecule has 0 amide bonds. The molecule has 18 heavy (non-hydrogen) atoms. The third-order valence-electron chi connectivity index (χ3n) is 3.03. The zero-order valence-electron chi connectivity index (χ0n) is 10.6. The summed E-state index contributed by atoms with van der Waals surface area (Å²) in [4.78, 5) is 0.379. The van der Waals surface area contributed by atoms with E-state index >= 15 is 0 Å². The van der Waals surface area contributed by atoms with E-state index in [9.17, 15) is 8.42 Å². The van der Waals surface area contributed by atoms with Gasteiger partial charge < -0.3 is 4.74 Å². The molecule has 6 heteroatoms. The van der Waals surface area contributed by atoms with Crippen molar-refractivity contribution < 1.29 is 13.2 Å². The van der Waals surface area contributed by atoms with Crippen molar-refractivity contribution in [3.8, 4) is 5.75 Å². The number of benzene rings is 1. The summed E-state index contributed by atoms with van der Waals surface area (Å²) in [5.74, 6) is 0.826. The summed E-state index contributed by atoms with van der Waals surface area (Å²) in [5.41, 5.74) is 1.72. The average Bonchev–Trinajstić information content (AvgIpc) is 2.69. The van der Waals surface area contributed by atoms with Crippen molar-refractivity contribution >= 4 is 32.6 Å². The van der Waals surface area contributed by atoms with Crippen molar-refractivity contribution in [1.29, 1.82) is 0 Å². The molecule has 1 heterocycles. The molecule has 0 fully saturated rings. The van der Waals surface area contributed by atoms with Gasteiger partial charge in [0, 0.05) is 24.9 Å². The van der Waals surface area contributed by atoms with Crippen molar-refractivity contribution in [3.63, 3.8) is 0 Å². The maximum absolute atomic E-state index is 12.2. The van der Waals surface area contributed by atoms with Crippen LogP contribution in [-0.4, -0.2) is 37.3 Å². The van der Waals surface area contributed by atoms with Gasteiger partial charge >= 0.3 is 0 Å². The van der Waals surface area contributed by atoms with Crippen LogP contribution in [0, 0.1) is 6.92 Å². The number of nitrogens with zero attached hydrogens (tertiary/aromatic N) is 1. The lowest BCUT2D eigenvalue weighted by molar-refractivity contribution is 0.262. The SMILES string of the molecule is Cc1cc2c(cc1S(=O)(=O)N(C)C)CC(CI)O2. The largest absolute Gasteiger partial charge is 0.489 e. The Morgan fingerprint density at radius 2 is 2.11 bits per heavy atom. The van der Waals surface area contributed by atoms with Gasteiger partial charge in [-0.05, 0) is 30.2 Å². The number of ether oxygens (including phenoxy) is 1. The number of aryl methyl sites for hydroxylation is 1. The second-order valence-electron chi connectivity index (χ2n) is 4.61. The summed E-state index contributed by atoms with van der Waals surface area (Å²) in [6, 6.07) is 3.59. The highest BCUT2D eigenvalue weighted by Gasteiger charge is 2.27. The van der Waals surface area contributed by atoms with E-state index in [0.29, 0.717) is 4.90 Å². The average molecular weight is 381 g/mol. The minimum absolute atomic E-state index is 0.164. The van der Waals surface area contributed by atoms with Gasteiger partial charge in [0.05, 0.1) is 4.90 Å². The molecule has 0 aromatic heterocycles. The molecule has 0 spiro atoms. The summed E-state index contributed by atoms with van der Waals surface area (Å²) in [5, 5.41) is 0. The maximum Gasteiger partial charge on any atom is 0.242 e. The Bertz CT molecular complexity index is 569. The molecule has 0 saturated heterocycles. The first-order chi connectivity index (χ1) is 8.36. The molecule has 0 bridgehead atoms. The second kappa shape index (κ2) is 4.97. The first-order valence-corrected chi connectivity index (χ1v) is 8.61. The van der Waals surface area contributed by atoms with Gasteiger partial charge in [-0.25, -0.2) is 12.7 Å². The van der Waals surface area contributed by atoms with Crippen LogP contribution in [0.2, 0.25) is 0 Å². The van der Waals surface area contributed by atoms with Gasteiger partial charge in [0.2, 0.25) is 10.0 Å². The first kappa shape index (κ1) is 14.1. The third-order valence-corrected chi connectivity index (χ3v) is 5.97. The van der Waals surface area contributed by atoms with Crippen LogP contribution < -0.4 is 4.74 Å². The van der Waals surface area contributed by atoms with Crippen LogP contribution in [-0.2, 0) is 16.4 Å². The van der Waals surface area contributed by atoms with Crippen molar-refractivity contribution in [2.75, 3.05) is 18.5 Å². The first-order valence-electron chi connectivity index (χ1n) is 5.65. The second-order valence-corrected chi connectivity index (χ2v) is 7.61. The summed E-state index contributed by atoms with van der Waals surface area (Å²) in [6.45, 7) is 1.80. The van der Waals surface area contributed by atoms with Gasteiger partial charge in [0.15, 0.2) is 0 Å². The number of rotatable bonds is 3. The lowest BCUT2D eigenvalue weighted by Crippen LogP contribution is -2.23. The fraction of sp³-hybridized carbons (Fsp3) is 0.500. The van der Waals surface area contributed by atoms with Crippen LogP contribution in [0.5, 0.6) is 5.75 Å². The molecule has 1 aliphatic rings. The van der Waals surface area contributed by atoms with E-state index in [1.807, 2.05) is 6.07 Å². The molecule has 0 aliphatic carbocycles. The Morgan fingerprint density at radius 3 is 2.67 bits per heavy atom. The molecule has 1 unspecified atom stereocenters. The predicted octanol–water partition coefficient (Wildman–Crippen LogP) is 1.98. The molecule has 100 valence electrons. The quantitative estimate of drug-likeness (QED) is 0.594. The number of fused-ring (bicyclic) bond motifs is 1. The minimum atomic E-state index is -3.38. The number of alkyl halides is 1. The van der Waals surface area contributed by atoms with E-state index in [0.717, 1.165) is 27.7 Å². The molecule has 4 nitrogen and oxygen atoms in total. The highest BCUT2D eigenvalue weighted by molar-refractivity contribution is 14.1. The highest BCUT2D eigenvalue weighted by Crippen LogP contribution is 2.34. The van der Waals surface area contributed by atoms with Crippen LogP contribution in [0.15, 0.2) is 17.0 Å². The van der Waals surface area contributed by atoms with E-state index in [-0.39, 0.29) is 6.10 Å². The van der Waals surface area contributed by atoms with Crippen molar-refractivity contribution in [3.05, 3.63) is 23.3 Å². The summed E-state index contributed by atoms with van der Waals surface area (Å²) in [7, 11) is -0.282. The Morgan fingerprint density at radius 1 is 1.44 bits per heavy atom. The van der Waals surface area contributed by atoms with Crippen molar-refractivity contribution in [2.45, 2.75) is 24.3 Å². The zero-order valence-corrected chi connectivity index (χ0v) is 13.6. The fourth-order valence-corrected chi connectivity index (χ4v) is 3.64. The third kappa shape index (κ3) is 2.37. The van der Waals surface area contributed by atoms with Crippen LogP contribution in [0.1, 0.15) is 11.1 Å². The lowest BCUT2D eigenvalue weighted by Gasteiger charge is -2.14. The number of sulfonamides is 1. The van der Waals surface area contributed by atoms with Gasteiger partial charge in [-0.1, -0.05) is 22.6 Å². The van der Waals surface area contributed by atoms with E-state index in [1.54, 1.807) is 27.1 Å². The number of halogens is 1. The summed E-state index contributed by atoms with van der Waals surface area (Å²) < 4.78 is 32.3. The van der Waals surface area contributed by atoms with Gasteiger partial charge in [-0.3, -0.25) is 0 Å². The van der Waals surface area contributed by atoms with Crippen LogP contribution >= 0.6 is 22.6 Å². The Labute approximate surface area is 122 Å². The molecule has 1 aromatic carbocycles. The summed E-state index contributed by atoms with van der Waals surface area (Å²) in [6.07, 6.45) is 0.950. The molecule has 0 radical (unpaired) electrons. The molecule has 0 saturated carbocycles. The van der Waals surface area contributed by atoms with Gasteiger partial charge in [0.25, 0.3) is 0 Å². The van der Waals surface area contributed by atoms with E-state index in [1.165, 1.54) is 4.31 Å². The normalized spacial score (nSPS) is 18.8. The standard InChI is InChI=1S/C12H16INO3S/c1-8-4-11-9(5-10(7-13)17-11)6-12(8)18(15,16)14(2)3/h4,6,10H,5,7H2,1-3H3. The Hall–Kier alpha value is -0.340. The van der Waals surface area contributed by atoms with E-state index in [4.69, 9.17) is 4.74 Å². The molecule has 1 aliphatic heterocycles. The Kier molecular flexibility index (Phi) is 3.89. The van der Waals surface area contributed by atoms with E-state index in [2.05, 4.69) is 22.6 Å². The summed E-state index contributed by atoms with van der Waals surface area (Å²) >= 11 is 2.28. The lowest BCUT2D eigenvalue weighted by atomic mass is 10.1. The number of hydrogen-bond acceptors (Lipinski definition) is 3. The molecular weight excluding hydrogens is 365 g/mol. The zero-order chi connectivity index (χ0) is 13.5. The highest BCUT2D eigenvalue weighted by atomic mass is 127. The molecule has 1 atom stereocenters. The molecular formula is C12H16INO3S. The Balaban J connectivity index is 2.49. The van der Waals surface area contributed by atoms with Gasteiger partial charge in [-0.2, -0.15) is 0 Å². The molecule has 1 aromatic rings. The van der Waals surface area contributed by atoms with Gasteiger partial charge in [0.1, 0.15) is 11.9 Å².